The molecule has 188 valence electrons. The van der Waals surface area contributed by atoms with Gasteiger partial charge in [-0.05, 0) is 43.9 Å². The fourth-order valence-electron chi connectivity index (χ4n) is 5.27. The van der Waals surface area contributed by atoms with Gasteiger partial charge in [-0.2, -0.15) is 0 Å². The smallest absolute Gasteiger partial charge is 0.238 e. The molecule has 1 aliphatic carbocycles. The van der Waals surface area contributed by atoms with Crippen molar-refractivity contribution >= 4 is 34.9 Å². The van der Waals surface area contributed by atoms with Crippen molar-refractivity contribution in [2.24, 2.45) is 11.8 Å². The van der Waals surface area contributed by atoms with E-state index in [1.165, 1.54) is 32.1 Å². The highest BCUT2D eigenvalue weighted by atomic mass is 32.2. The van der Waals surface area contributed by atoms with E-state index in [9.17, 15) is 4.79 Å². The summed E-state index contributed by atoms with van der Waals surface area (Å²) in [6.45, 7) is 2.61. The summed E-state index contributed by atoms with van der Waals surface area (Å²) in [6.07, 6.45) is 9.83. The Kier molecular flexibility index (Phi) is 10.3. The molecule has 34 heavy (non-hydrogen) atoms. The minimum atomic E-state index is -0.115. The van der Waals surface area contributed by atoms with Gasteiger partial charge >= 0.3 is 0 Å². The molecule has 8 heteroatoms. The van der Waals surface area contributed by atoms with E-state index in [4.69, 9.17) is 17.0 Å². The molecule has 0 spiro atoms. The Morgan fingerprint density at radius 3 is 2.76 bits per heavy atom. The van der Waals surface area contributed by atoms with Crippen LogP contribution in [0, 0.1) is 11.8 Å². The number of carbonyl (C=O) groups excluding carboxylic acids is 1. The molecule has 1 aromatic rings. The number of hydrogen-bond donors (Lipinski definition) is 4. The number of benzene rings is 1. The first-order valence-electron chi connectivity index (χ1n) is 13.0. The van der Waals surface area contributed by atoms with Crippen LogP contribution in [0.25, 0.3) is 0 Å². The lowest BCUT2D eigenvalue weighted by atomic mass is 9.85. The first kappa shape index (κ1) is 25.7. The average molecular weight is 505 g/mol. The van der Waals surface area contributed by atoms with Crippen molar-refractivity contribution in [3.05, 3.63) is 30.3 Å². The number of nitrogens with one attached hydrogen (secondary N) is 4. The van der Waals surface area contributed by atoms with Gasteiger partial charge in [0, 0.05) is 30.6 Å². The van der Waals surface area contributed by atoms with Gasteiger partial charge in [-0.3, -0.25) is 10.1 Å². The average Bonchev–Trinajstić information content (AvgIpc) is 3.42. The van der Waals surface area contributed by atoms with Crippen molar-refractivity contribution in [3.63, 3.8) is 0 Å². The highest BCUT2D eigenvalue weighted by Gasteiger charge is 2.30. The van der Waals surface area contributed by atoms with Gasteiger partial charge in [0.2, 0.25) is 5.91 Å². The Morgan fingerprint density at radius 1 is 1.18 bits per heavy atom. The van der Waals surface area contributed by atoms with Gasteiger partial charge in [0.05, 0.1) is 17.1 Å². The molecule has 6 nitrogen and oxygen atoms in total. The van der Waals surface area contributed by atoms with Crippen molar-refractivity contribution < 1.29 is 9.53 Å². The fourth-order valence-corrected chi connectivity index (χ4v) is 6.47. The van der Waals surface area contributed by atoms with E-state index in [0.29, 0.717) is 5.92 Å². The third-order valence-electron chi connectivity index (χ3n) is 7.36. The maximum absolute atomic E-state index is 12.9. The predicted molar refractivity (Wildman–Crippen MR) is 144 cm³/mol. The van der Waals surface area contributed by atoms with Crippen LogP contribution in [0.2, 0.25) is 0 Å². The van der Waals surface area contributed by atoms with Gasteiger partial charge in [-0.25, -0.2) is 0 Å². The molecule has 4 rings (SSSR count). The summed E-state index contributed by atoms with van der Waals surface area (Å²) in [6, 6.07) is 9.84. The van der Waals surface area contributed by atoms with E-state index >= 15 is 0 Å². The predicted octanol–water partition coefficient (Wildman–Crippen LogP) is 3.47. The number of piperidine rings is 1. The van der Waals surface area contributed by atoms with E-state index in [2.05, 4.69) is 21.3 Å². The second kappa shape index (κ2) is 13.7. The second-order valence-electron chi connectivity index (χ2n) is 9.88. The summed E-state index contributed by atoms with van der Waals surface area (Å²) < 4.78 is 6.32. The number of thioether (sulfide) groups is 1. The van der Waals surface area contributed by atoms with Crippen LogP contribution in [-0.2, 0) is 4.79 Å². The standard InChI is InChI=1S/C26H40N4O2S2/c31-25(23-17-34-18-29-23)30-22(12-11-19-7-3-1-4-8-19)26(33)28-16-20-15-27-14-13-24(20)32-21-9-5-2-6-10-21/h2,5-6,9-10,19-20,22-24,27,29H,1,3-4,7-8,11-18H2,(H,28,33)(H,30,31)/t20?,22-,23+,24?/m1/s1. The Labute approximate surface area is 214 Å². The molecule has 3 fully saturated rings. The normalized spacial score (nSPS) is 26.5. The second-order valence-corrected chi connectivity index (χ2v) is 11.4. The summed E-state index contributed by atoms with van der Waals surface area (Å²) in [4.78, 5) is 13.6. The quantitative estimate of drug-likeness (QED) is 0.364. The molecule has 4 N–H and O–H groups in total. The maximum atomic E-state index is 12.9. The van der Waals surface area contributed by atoms with E-state index < -0.39 is 0 Å². The SMILES string of the molecule is O=C(N[C@H](CCC1CCCCC1)C(=S)NCC1CNCCC1Oc1ccccc1)[C@@H]1CSCN1. The van der Waals surface area contributed by atoms with Gasteiger partial charge in [-0.15, -0.1) is 11.8 Å². The van der Waals surface area contributed by atoms with E-state index in [-0.39, 0.29) is 24.1 Å². The van der Waals surface area contributed by atoms with Crippen LogP contribution in [0.4, 0.5) is 0 Å². The molecule has 2 unspecified atom stereocenters. The zero-order valence-electron chi connectivity index (χ0n) is 20.1. The monoisotopic (exact) mass is 504 g/mol. The molecule has 1 saturated carbocycles. The molecule has 0 bridgehead atoms. The first-order chi connectivity index (χ1) is 16.7. The van der Waals surface area contributed by atoms with Crippen LogP contribution in [-0.4, -0.2) is 60.3 Å². The number of rotatable bonds is 10. The van der Waals surface area contributed by atoms with E-state index in [1.54, 1.807) is 11.8 Å². The molecule has 0 radical (unpaired) electrons. The summed E-state index contributed by atoms with van der Waals surface area (Å²) >= 11 is 7.63. The Hall–Kier alpha value is -1.35. The lowest BCUT2D eigenvalue weighted by molar-refractivity contribution is -0.122. The summed E-state index contributed by atoms with van der Waals surface area (Å²) in [5.74, 6) is 3.74. The van der Waals surface area contributed by atoms with Crippen LogP contribution >= 0.6 is 24.0 Å². The highest BCUT2D eigenvalue weighted by molar-refractivity contribution is 7.99. The molecule has 1 amide bonds. The lowest BCUT2D eigenvalue weighted by Gasteiger charge is -2.33. The number of hydrogen-bond acceptors (Lipinski definition) is 6. The molecule has 2 aliphatic heterocycles. The number of para-hydroxylation sites is 1. The zero-order chi connectivity index (χ0) is 23.6. The number of amides is 1. The van der Waals surface area contributed by atoms with Crippen molar-refractivity contribution in [3.8, 4) is 5.75 Å². The Bertz CT molecular complexity index is 769. The fraction of sp³-hybridized carbons (Fsp3) is 0.692. The largest absolute Gasteiger partial charge is 0.490 e. The van der Waals surface area contributed by atoms with Crippen LogP contribution in [0.3, 0.4) is 0 Å². The van der Waals surface area contributed by atoms with Crippen LogP contribution < -0.4 is 26.0 Å². The summed E-state index contributed by atoms with van der Waals surface area (Å²) in [7, 11) is 0. The molecule has 1 aromatic carbocycles. The Morgan fingerprint density at radius 2 is 2.00 bits per heavy atom. The molecule has 2 heterocycles. The molecule has 3 aliphatic rings. The summed E-state index contributed by atoms with van der Waals surface area (Å²) in [5, 5.41) is 13.6. The lowest BCUT2D eigenvalue weighted by Crippen LogP contribution is -2.54. The van der Waals surface area contributed by atoms with Crippen LogP contribution in [0.15, 0.2) is 30.3 Å². The van der Waals surface area contributed by atoms with Crippen molar-refractivity contribution in [2.75, 3.05) is 31.3 Å². The minimum absolute atomic E-state index is 0.0763. The van der Waals surface area contributed by atoms with E-state index in [1.807, 2.05) is 30.3 Å². The molecule has 0 aromatic heterocycles. The van der Waals surface area contributed by atoms with Gasteiger partial charge < -0.3 is 20.7 Å². The van der Waals surface area contributed by atoms with Gasteiger partial charge in [0.1, 0.15) is 11.9 Å². The van der Waals surface area contributed by atoms with Crippen molar-refractivity contribution in [2.45, 2.75) is 69.6 Å². The number of carbonyl (C=O) groups is 1. The molecular weight excluding hydrogens is 464 g/mol. The first-order valence-corrected chi connectivity index (χ1v) is 14.6. The van der Waals surface area contributed by atoms with Gasteiger partial charge in [0.25, 0.3) is 0 Å². The van der Waals surface area contributed by atoms with Crippen molar-refractivity contribution in [1.82, 2.24) is 21.3 Å². The third-order valence-corrected chi connectivity index (χ3v) is 8.73. The zero-order valence-corrected chi connectivity index (χ0v) is 21.7. The van der Waals surface area contributed by atoms with Crippen LogP contribution in [0.5, 0.6) is 5.75 Å². The summed E-state index contributed by atoms with van der Waals surface area (Å²) in [5.41, 5.74) is 0. The van der Waals surface area contributed by atoms with Gasteiger partial charge in [0.15, 0.2) is 0 Å². The highest BCUT2D eigenvalue weighted by Crippen LogP contribution is 2.28. The van der Waals surface area contributed by atoms with Crippen molar-refractivity contribution in [1.29, 1.82) is 0 Å². The Balaban J connectivity index is 1.32. The molecule has 4 atom stereocenters. The van der Waals surface area contributed by atoms with Gasteiger partial charge in [-0.1, -0.05) is 62.5 Å². The minimum Gasteiger partial charge on any atom is -0.490 e. The number of thiocarbonyl (C=S) groups is 1. The topological polar surface area (TPSA) is 74.4 Å². The molecule has 2 saturated heterocycles. The molecular formula is C26H40N4O2S2. The van der Waals surface area contributed by atoms with Crippen LogP contribution in [0.1, 0.15) is 51.4 Å². The van der Waals surface area contributed by atoms with E-state index in [0.717, 1.165) is 67.2 Å². The third kappa shape index (κ3) is 7.83. The number of ether oxygens (including phenoxy) is 1. The maximum Gasteiger partial charge on any atom is 0.238 e.